The summed E-state index contributed by atoms with van der Waals surface area (Å²) in [6.45, 7) is 2.72. The van der Waals surface area contributed by atoms with E-state index in [0.29, 0.717) is 37.3 Å². The lowest BCUT2D eigenvalue weighted by Gasteiger charge is -2.33. The van der Waals surface area contributed by atoms with E-state index in [1.165, 1.54) is 22.5 Å². The van der Waals surface area contributed by atoms with Crippen LogP contribution in [-0.4, -0.2) is 61.9 Å². The van der Waals surface area contributed by atoms with Gasteiger partial charge in [-0.15, -0.1) is 0 Å². The van der Waals surface area contributed by atoms with Gasteiger partial charge in [-0.05, 0) is 23.8 Å². The molecule has 0 amide bonds. The van der Waals surface area contributed by atoms with E-state index in [1.54, 1.807) is 24.3 Å². The van der Waals surface area contributed by atoms with E-state index in [0.717, 1.165) is 12.1 Å². The van der Waals surface area contributed by atoms with Gasteiger partial charge in [-0.2, -0.15) is 4.31 Å². The van der Waals surface area contributed by atoms with Gasteiger partial charge >= 0.3 is 0 Å². The smallest absolute Gasteiger partial charge is 0.243 e. The Bertz CT molecular complexity index is 1390. The van der Waals surface area contributed by atoms with Gasteiger partial charge < -0.3 is 0 Å². The van der Waals surface area contributed by atoms with Gasteiger partial charge in [0.1, 0.15) is 0 Å². The predicted molar refractivity (Wildman–Crippen MR) is 130 cm³/mol. The third kappa shape index (κ3) is 4.14. The molecule has 0 radical (unpaired) electrons. The average Bonchev–Trinajstić information content (AvgIpc) is 2.88. The Morgan fingerprint density at radius 1 is 0.706 bits per heavy atom. The largest absolute Gasteiger partial charge is 0.297 e. The van der Waals surface area contributed by atoms with Crippen LogP contribution in [0.4, 0.5) is 0 Å². The van der Waals surface area contributed by atoms with Crippen LogP contribution >= 0.6 is 0 Å². The number of hydrogen-bond donors (Lipinski definition) is 0. The van der Waals surface area contributed by atoms with Crippen molar-refractivity contribution in [3.05, 3.63) is 107 Å². The van der Waals surface area contributed by atoms with Gasteiger partial charge in [0.25, 0.3) is 0 Å². The molecule has 172 valence electrons. The first-order valence-corrected chi connectivity index (χ1v) is 12.7. The summed E-state index contributed by atoms with van der Waals surface area (Å²) in [5, 5.41) is 0. The quantitative estimate of drug-likeness (QED) is 0.445. The van der Waals surface area contributed by atoms with Crippen LogP contribution in [0.5, 0.6) is 0 Å². The van der Waals surface area contributed by atoms with E-state index in [-0.39, 0.29) is 27.6 Å². The fourth-order valence-corrected chi connectivity index (χ4v) is 5.89. The molecular formula is C27H24N2O4S. The van der Waals surface area contributed by atoms with E-state index in [1.807, 2.05) is 30.3 Å². The molecule has 34 heavy (non-hydrogen) atoms. The van der Waals surface area contributed by atoms with Crippen LogP contribution < -0.4 is 0 Å². The average molecular weight is 473 g/mol. The molecule has 0 spiro atoms. The minimum Gasteiger partial charge on any atom is -0.297 e. The maximum atomic E-state index is 13.3. The highest BCUT2D eigenvalue weighted by Gasteiger charge is 2.33. The molecule has 0 aromatic heterocycles. The molecule has 0 atom stereocenters. The molecule has 7 heteroatoms. The van der Waals surface area contributed by atoms with Gasteiger partial charge in [0, 0.05) is 55.0 Å². The summed E-state index contributed by atoms with van der Waals surface area (Å²) in [4.78, 5) is 28.0. The second-order valence-electron chi connectivity index (χ2n) is 8.43. The molecule has 6 nitrogen and oxygen atoms in total. The molecule has 1 aliphatic carbocycles. The second-order valence-corrected chi connectivity index (χ2v) is 10.4. The summed E-state index contributed by atoms with van der Waals surface area (Å²) in [5.74, 6) is -0.580. The van der Waals surface area contributed by atoms with Gasteiger partial charge in [-0.1, -0.05) is 66.7 Å². The van der Waals surface area contributed by atoms with E-state index in [2.05, 4.69) is 17.1 Å². The Morgan fingerprint density at radius 2 is 1.29 bits per heavy atom. The molecule has 1 heterocycles. The molecule has 5 rings (SSSR count). The van der Waals surface area contributed by atoms with Crippen LogP contribution in [0.2, 0.25) is 0 Å². The van der Waals surface area contributed by atoms with Gasteiger partial charge in [-0.25, -0.2) is 8.42 Å². The summed E-state index contributed by atoms with van der Waals surface area (Å²) < 4.78 is 28.1. The number of carbonyl (C=O) groups is 2. The molecule has 1 aliphatic heterocycles. The van der Waals surface area contributed by atoms with Gasteiger partial charge in [0.2, 0.25) is 10.0 Å². The van der Waals surface area contributed by atoms with Crippen LogP contribution in [0.25, 0.3) is 6.08 Å². The number of piperazine rings is 1. The van der Waals surface area contributed by atoms with Crippen LogP contribution in [-0.2, 0) is 10.0 Å². The normalized spacial score (nSPS) is 17.1. The number of fused-ring (bicyclic) bond motifs is 2. The summed E-state index contributed by atoms with van der Waals surface area (Å²) in [6, 6.07) is 20.9. The highest BCUT2D eigenvalue weighted by Crippen LogP contribution is 2.30. The minimum atomic E-state index is -3.78. The second kappa shape index (κ2) is 9.10. The third-order valence-electron chi connectivity index (χ3n) is 6.34. The molecular weight excluding hydrogens is 448 g/mol. The molecule has 3 aromatic rings. The zero-order valence-corrected chi connectivity index (χ0v) is 19.4. The summed E-state index contributed by atoms with van der Waals surface area (Å²) in [5.41, 5.74) is 2.19. The third-order valence-corrected chi connectivity index (χ3v) is 8.23. The standard InChI is InChI=1S/C27H24N2O4S/c30-26-22-10-4-5-11-23(22)27(31)25-19-21(12-13-24(25)26)34(32,33)29-17-15-28(16-18-29)14-6-9-20-7-2-1-3-8-20/h1-13,19H,14-18H2. The van der Waals surface area contributed by atoms with Crippen molar-refractivity contribution < 1.29 is 18.0 Å². The van der Waals surface area contributed by atoms with Crippen molar-refractivity contribution >= 4 is 27.7 Å². The fourth-order valence-electron chi connectivity index (χ4n) is 4.44. The summed E-state index contributed by atoms with van der Waals surface area (Å²) >= 11 is 0. The van der Waals surface area contributed by atoms with Crippen molar-refractivity contribution in [2.75, 3.05) is 32.7 Å². The Hall–Kier alpha value is -3.39. The van der Waals surface area contributed by atoms with Gasteiger partial charge in [0.05, 0.1) is 4.90 Å². The number of nitrogens with zero attached hydrogens (tertiary/aromatic N) is 2. The fraction of sp³-hybridized carbons (Fsp3) is 0.185. The number of hydrogen-bond acceptors (Lipinski definition) is 5. The molecule has 0 N–H and O–H groups in total. The van der Waals surface area contributed by atoms with Gasteiger partial charge in [0.15, 0.2) is 11.6 Å². The lowest BCUT2D eigenvalue weighted by molar-refractivity contribution is 0.0979. The maximum absolute atomic E-state index is 13.3. The molecule has 1 saturated heterocycles. The molecule has 3 aromatic carbocycles. The van der Waals surface area contributed by atoms with E-state index < -0.39 is 10.0 Å². The van der Waals surface area contributed by atoms with Crippen LogP contribution in [0.3, 0.4) is 0 Å². The summed E-state index contributed by atoms with van der Waals surface area (Å²) in [6.07, 6.45) is 4.15. The SMILES string of the molecule is O=C1c2ccccc2C(=O)c2cc(S(=O)(=O)N3CCN(CC=Cc4ccccc4)CC3)ccc21. The van der Waals surface area contributed by atoms with E-state index >= 15 is 0 Å². The molecule has 1 fully saturated rings. The molecule has 0 unspecified atom stereocenters. The summed E-state index contributed by atoms with van der Waals surface area (Å²) in [7, 11) is -3.78. The Morgan fingerprint density at radius 3 is 1.97 bits per heavy atom. The van der Waals surface area contributed by atoms with Crippen molar-refractivity contribution in [1.29, 1.82) is 0 Å². The highest BCUT2D eigenvalue weighted by atomic mass is 32.2. The maximum Gasteiger partial charge on any atom is 0.243 e. The van der Waals surface area contributed by atoms with Crippen molar-refractivity contribution in [3.63, 3.8) is 0 Å². The van der Waals surface area contributed by atoms with E-state index in [9.17, 15) is 18.0 Å². The lowest BCUT2D eigenvalue weighted by atomic mass is 9.84. The van der Waals surface area contributed by atoms with Gasteiger partial charge in [-0.3, -0.25) is 14.5 Å². The number of carbonyl (C=O) groups excluding carboxylic acids is 2. The number of rotatable bonds is 5. The molecule has 2 aliphatic rings. The Balaban J connectivity index is 1.29. The number of benzene rings is 3. The monoisotopic (exact) mass is 472 g/mol. The molecule has 0 bridgehead atoms. The number of sulfonamides is 1. The Kier molecular flexibility index (Phi) is 6.00. The first-order valence-electron chi connectivity index (χ1n) is 11.2. The minimum absolute atomic E-state index is 0.0456. The van der Waals surface area contributed by atoms with Crippen molar-refractivity contribution in [2.45, 2.75) is 4.90 Å². The zero-order valence-electron chi connectivity index (χ0n) is 18.6. The van der Waals surface area contributed by atoms with Crippen LogP contribution in [0.15, 0.2) is 83.8 Å². The first-order chi connectivity index (χ1) is 16.4. The highest BCUT2D eigenvalue weighted by molar-refractivity contribution is 7.89. The van der Waals surface area contributed by atoms with Crippen molar-refractivity contribution in [2.24, 2.45) is 0 Å². The van der Waals surface area contributed by atoms with E-state index in [4.69, 9.17) is 0 Å². The Labute approximate surface area is 199 Å². The molecule has 0 saturated carbocycles. The predicted octanol–water partition coefficient (Wildman–Crippen LogP) is 3.48. The first kappa shape index (κ1) is 22.4. The van der Waals surface area contributed by atoms with Crippen LogP contribution in [0.1, 0.15) is 37.4 Å². The zero-order chi connectivity index (χ0) is 23.7. The van der Waals surface area contributed by atoms with Crippen LogP contribution in [0, 0.1) is 0 Å². The van der Waals surface area contributed by atoms with Crippen molar-refractivity contribution in [3.8, 4) is 0 Å². The number of ketones is 2. The lowest BCUT2D eigenvalue weighted by Crippen LogP contribution is -2.48. The topological polar surface area (TPSA) is 74.8 Å². The van der Waals surface area contributed by atoms with Crippen molar-refractivity contribution in [1.82, 2.24) is 9.21 Å².